The lowest BCUT2D eigenvalue weighted by Crippen LogP contribution is -2.12. The molecule has 0 aliphatic heterocycles. The van der Waals surface area contributed by atoms with E-state index in [0.717, 1.165) is 5.56 Å². The van der Waals surface area contributed by atoms with Crippen LogP contribution in [0.3, 0.4) is 0 Å². The molecule has 18 heavy (non-hydrogen) atoms. The van der Waals surface area contributed by atoms with Gasteiger partial charge in [0.25, 0.3) is 0 Å². The summed E-state index contributed by atoms with van der Waals surface area (Å²) < 4.78 is 0. The maximum atomic E-state index is 12.1. The third-order valence-electron chi connectivity index (χ3n) is 4.75. The van der Waals surface area contributed by atoms with Crippen LogP contribution in [0.4, 0.5) is 0 Å². The van der Waals surface area contributed by atoms with Gasteiger partial charge in [-0.25, -0.2) is 0 Å². The van der Waals surface area contributed by atoms with Crippen LogP contribution in [0.15, 0.2) is 18.2 Å². The van der Waals surface area contributed by atoms with Gasteiger partial charge in [0.1, 0.15) is 0 Å². The smallest absolute Gasteiger partial charge is 0.164 e. The first kappa shape index (κ1) is 12.0. The molecular weight excluding hydrogens is 220 g/mol. The van der Waals surface area contributed by atoms with Crippen molar-refractivity contribution in [1.82, 2.24) is 0 Å². The molecule has 1 heteroatoms. The van der Waals surface area contributed by atoms with Gasteiger partial charge in [-0.05, 0) is 41.4 Å². The zero-order valence-corrected chi connectivity index (χ0v) is 11.5. The first-order chi connectivity index (χ1) is 8.58. The third-order valence-corrected chi connectivity index (χ3v) is 4.75. The van der Waals surface area contributed by atoms with Crippen molar-refractivity contribution >= 4 is 5.78 Å². The first-order valence-corrected chi connectivity index (χ1v) is 7.25. The van der Waals surface area contributed by atoms with Gasteiger partial charge < -0.3 is 0 Å². The van der Waals surface area contributed by atoms with Crippen molar-refractivity contribution in [2.24, 2.45) is 0 Å². The van der Waals surface area contributed by atoms with E-state index in [2.05, 4.69) is 32.0 Å². The fourth-order valence-electron chi connectivity index (χ4n) is 3.66. The minimum Gasteiger partial charge on any atom is -0.294 e. The quantitative estimate of drug-likeness (QED) is 0.703. The molecule has 96 valence electrons. The average molecular weight is 242 g/mol. The van der Waals surface area contributed by atoms with E-state index < -0.39 is 0 Å². The van der Waals surface area contributed by atoms with Crippen LogP contribution in [-0.4, -0.2) is 5.78 Å². The topological polar surface area (TPSA) is 17.1 Å². The van der Waals surface area contributed by atoms with Crippen molar-refractivity contribution in [3.05, 3.63) is 34.9 Å². The summed E-state index contributed by atoms with van der Waals surface area (Å²) in [6.07, 6.45) is 7.36. The van der Waals surface area contributed by atoms with Crippen molar-refractivity contribution in [1.29, 1.82) is 0 Å². The summed E-state index contributed by atoms with van der Waals surface area (Å²) in [5, 5.41) is 0. The predicted molar refractivity (Wildman–Crippen MR) is 74.2 cm³/mol. The van der Waals surface area contributed by atoms with Gasteiger partial charge in [-0.3, -0.25) is 4.79 Å². The number of fused-ring (bicyclic) bond motifs is 1. The Kier molecular flexibility index (Phi) is 2.80. The lowest BCUT2D eigenvalue weighted by atomic mass is 9.81. The Hall–Kier alpha value is -1.11. The van der Waals surface area contributed by atoms with Crippen LogP contribution in [0.5, 0.6) is 0 Å². The number of carbonyl (C=O) groups excluding carboxylic acids is 1. The molecule has 0 saturated heterocycles. The molecule has 2 aliphatic rings. The molecule has 0 spiro atoms. The van der Waals surface area contributed by atoms with Crippen LogP contribution >= 0.6 is 0 Å². The van der Waals surface area contributed by atoms with E-state index in [1.807, 2.05) is 0 Å². The molecule has 1 saturated carbocycles. The van der Waals surface area contributed by atoms with E-state index in [4.69, 9.17) is 0 Å². The van der Waals surface area contributed by atoms with Gasteiger partial charge in [0, 0.05) is 12.0 Å². The van der Waals surface area contributed by atoms with Crippen LogP contribution in [0.1, 0.15) is 79.8 Å². The standard InChI is InChI=1S/C17H22O/c1-17(2)11-16(18)14-10-13(8-9-15(14)17)12-6-4-3-5-7-12/h8-10,12H,3-7,11H2,1-2H3. The summed E-state index contributed by atoms with van der Waals surface area (Å²) in [6.45, 7) is 4.36. The van der Waals surface area contributed by atoms with E-state index >= 15 is 0 Å². The number of Topliss-reactive ketones (excluding diaryl/α,β-unsaturated/α-hetero) is 1. The Morgan fingerprint density at radius 3 is 2.56 bits per heavy atom. The monoisotopic (exact) mass is 242 g/mol. The van der Waals surface area contributed by atoms with Gasteiger partial charge in [0.05, 0.1) is 0 Å². The number of hydrogen-bond donors (Lipinski definition) is 0. The summed E-state index contributed by atoms with van der Waals surface area (Å²) in [4.78, 5) is 12.1. The van der Waals surface area contributed by atoms with E-state index in [-0.39, 0.29) is 5.41 Å². The zero-order chi connectivity index (χ0) is 12.8. The Morgan fingerprint density at radius 2 is 1.83 bits per heavy atom. The second kappa shape index (κ2) is 4.22. The number of benzene rings is 1. The second-order valence-corrected chi connectivity index (χ2v) is 6.62. The SMILES string of the molecule is CC1(C)CC(=O)c2cc(C3CCCCC3)ccc21. The molecule has 1 aromatic rings. The molecule has 0 bridgehead atoms. The number of hydrogen-bond acceptors (Lipinski definition) is 1. The molecule has 1 fully saturated rings. The molecular formula is C17H22O. The molecule has 0 heterocycles. The third kappa shape index (κ3) is 1.90. The van der Waals surface area contributed by atoms with Gasteiger partial charge in [-0.1, -0.05) is 45.2 Å². The Labute approximate surface area is 110 Å². The molecule has 0 atom stereocenters. The minimum atomic E-state index is 0.0392. The van der Waals surface area contributed by atoms with Crippen LogP contribution in [-0.2, 0) is 5.41 Å². The van der Waals surface area contributed by atoms with Gasteiger partial charge in [-0.2, -0.15) is 0 Å². The van der Waals surface area contributed by atoms with Gasteiger partial charge in [0.15, 0.2) is 5.78 Å². The van der Waals surface area contributed by atoms with Gasteiger partial charge in [-0.15, -0.1) is 0 Å². The van der Waals surface area contributed by atoms with E-state index in [9.17, 15) is 4.79 Å². The number of ketones is 1. The van der Waals surface area contributed by atoms with Crippen molar-refractivity contribution in [3.63, 3.8) is 0 Å². The zero-order valence-electron chi connectivity index (χ0n) is 11.5. The highest BCUT2D eigenvalue weighted by Gasteiger charge is 2.36. The fraction of sp³-hybridized carbons (Fsp3) is 0.588. The van der Waals surface area contributed by atoms with E-state index in [1.54, 1.807) is 0 Å². The molecule has 1 nitrogen and oxygen atoms in total. The highest BCUT2D eigenvalue weighted by molar-refractivity contribution is 6.02. The summed E-state index contributed by atoms with van der Waals surface area (Å²) in [5.41, 5.74) is 3.70. The highest BCUT2D eigenvalue weighted by Crippen LogP contribution is 2.41. The molecule has 2 aliphatic carbocycles. The Bertz CT molecular complexity index is 478. The van der Waals surface area contributed by atoms with Crippen molar-refractivity contribution in [3.8, 4) is 0 Å². The van der Waals surface area contributed by atoms with E-state index in [1.165, 1.54) is 43.2 Å². The average Bonchev–Trinajstić information content (AvgIpc) is 2.61. The van der Waals surface area contributed by atoms with Crippen molar-refractivity contribution < 1.29 is 4.79 Å². The first-order valence-electron chi connectivity index (χ1n) is 7.25. The summed E-state index contributed by atoms with van der Waals surface area (Å²) in [7, 11) is 0. The van der Waals surface area contributed by atoms with Gasteiger partial charge in [0.2, 0.25) is 0 Å². The van der Waals surface area contributed by atoms with Crippen LogP contribution in [0.25, 0.3) is 0 Å². The molecule has 0 amide bonds. The minimum absolute atomic E-state index is 0.0392. The molecule has 3 rings (SSSR count). The van der Waals surface area contributed by atoms with Crippen molar-refractivity contribution in [2.45, 2.75) is 63.7 Å². The highest BCUT2D eigenvalue weighted by atomic mass is 16.1. The molecule has 0 radical (unpaired) electrons. The van der Waals surface area contributed by atoms with Crippen LogP contribution < -0.4 is 0 Å². The maximum absolute atomic E-state index is 12.1. The normalized spacial score (nSPS) is 23.1. The number of rotatable bonds is 1. The lowest BCUT2D eigenvalue weighted by Gasteiger charge is -2.23. The number of carbonyl (C=O) groups is 1. The largest absolute Gasteiger partial charge is 0.294 e. The van der Waals surface area contributed by atoms with Crippen LogP contribution in [0.2, 0.25) is 0 Å². The summed E-state index contributed by atoms with van der Waals surface area (Å²) in [6, 6.07) is 6.68. The molecule has 1 aromatic carbocycles. The molecule has 0 unspecified atom stereocenters. The summed E-state index contributed by atoms with van der Waals surface area (Å²) >= 11 is 0. The molecule has 0 N–H and O–H groups in total. The fourth-order valence-corrected chi connectivity index (χ4v) is 3.66. The predicted octanol–water partition coefficient (Wildman–Crippen LogP) is 4.60. The Morgan fingerprint density at radius 1 is 1.11 bits per heavy atom. The van der Waals surface area contributed by atoms with Crippen molar-refractivity contribution in [2.75, 3.05) is 0 Å². The molecule has 0 aromatic heterocycles. The maximum Gasteiger partial charge on any atom is 0.164 e. The lowest BCUT2D eigenvalue weighted by molar-refractivity contribution is 0.0979. The van der Waals surface area contributed by atoms with Gasteiger partial charge >= 0.3 is 0 Å². The van der Waals surface area contributed by atoms with Crippen LogP contribution in [0, 0.1) is 0 Å². The Balaban J connectivity index is 1.96. The van der Waals surface area contributed by atoms with E-state index in [0.29, 0.717) is 18.1 Å². The second-order valence-electron chi connectivity index (χ2n) is 6.62. The summed E-state index contributed by atoms with van der Waals surface area (Å²) in [5.74, 6) is 1.04.